The summed E-state index contributed by atoms with van der Waals surface area (Å²) in [6, 6.07) is 9.30. The Bertz CT molecular complexity index is 595. The number of carbonyl (C=O) groups is 1. The summed E-state index contributed by atoms with van der Waals surface area (Å²) in [6.45, 7) is 3.06. The zero-order chi connectivity index (χ0) is 15.1. The van der Waals surface area contributed by atoms with Gasteiger partial charge in [-0.25, -0.2) is 0 Å². The lowest BCUT2D eigenvalue weighted by atomic mass is 10.2. The second-order valence-electron chi connectivity index (χ2n) is 4.67. The molecule has 4 nitrogen and oxygen atoms in total. The molecule has 0 radical (unpaired) electrons. The third-order valence-electron chi connectivity index (χ3n) is 3.12. The van der Waals surface area contributed by atoms with Crippen molar-refractivity contribution in [2.75, 3.05) is 12.3 Å². The van der Waals surface area contributed by atoms with Crippen LogP contribution >= 0.6 is 11.3 Å². The summed E-state index contributed by atoms with van der Waals surface area (Å²) < 4.78 is 5.50. The Balaban J connectivity index is 1.70. The van der Waals surface area contributed by atoms with Gasteiger partial charge in [0.2, 0.25) is 5.91 Å². The summed E-state index contributed by atoms with van der Waals surface area (Å²) in [5, 5.41) is 4.98. The van der Waals surface area contributed by atoms with Crippen molar-refractivity contribution in [1.29, 1.82) is 0 Å². The van der Waals surface area contributed by atoms with Crippen molar-refractivity contribution in [3.8, 4) is 5.75 Å². The molecule has 1 aromatic carbocycles. The van der Waals surface area contributed by atoms with Gasteiger partial charge in [-0.15, -0.1) is 11.3 Å². The van der Waals surface area contributed by atoms with Crippen LogP contribution < -0.4 is 15.8 Å². The SMILES string of the molecule is CCc1ccsc1CNC(=O)CCOc1cccc(N)c1. The zero-order valence-corrected chi connectivity index (χ0v) is 12.9. The van der Waals surface area contributed by atoms with E-state index in [9.17, 15) is 4.79 Å². The fourth-order valence-electron chi connectivity index (χ4n) is 1.97. The summed E-state index contributed by atoms with van der Waals surface area (Å²) in [6.07, 6.45) is 1.33. The van der Waals surface area contributed by atoms with Gasteiger partial charge in [0.25, 0.3) is 0 Å². The Labute approximate surface area is 128 Å². The Hall–Kier alpha value is -2.01. The molecule has 2 aromatic rings. The molecule has 0 spiro atoms. The summed E-state index contributed by atoms with van der Waals surface area (Å²) in [4.78, 5) is 13.0. The monoisotopic (exact) mass is 304 g/mol. The standard InChI is InChI=1S/C16H20N2O2S/c1-2-12-7-9-21-15(12)11-18-16(19)6-8-20-14-5-3-4-13(17)10-14/h3-5,7,9-10H,2,6,8,11,17H2,1H3,(H,18,19). The Morgan fingerprint density at radius 3 is 3.00 bits per heavy atom. The molecule has 21 heavy (non-hydrogen) atoms. The van der Waals surface area contributed by atoms with Crippen LogP contribution in [0, 0.1) is 0 Å². The van der Waals surface area contributed by atoms with E-state index < -0.39 is 0 Å². The van der Waals surface area contributed by atoms with Gasteiger partial charge in [0.15, 0.2) is 0 Å². The van der Waals surface area contributed by atoms with Crippen LogP contribution in [0.25, 0.3) is 0 Å². The predicted octanol–water partition coefficient (Wildman–Crippen LogP) is 2.98. The highest BCUT2D eigenvalue weighted by Crippen LogP contribution is 2.17. The van der Waals surface area contributed by atoms with E-state index in [2.05, 4.69) is 23.7 Å². The van der Waals surface area contributed by atoms with Gasteiger partial charge < -0.3 is 15.8 Å². The van der Waals surface area contributed by atoms with Gasteiger partial charge in [-0.1, -0.05) is 13.0 Å². The first-order valence-corrected chi connectivity index (χ1v) is 7.87. The molecule has 0 saturated heterocycles. The molecule has 0 unspecified atom stereocenters. The normalized spacial score (nSPS) is 10.3. The van der Waals surface area contributed by atoms with Crippen LogP contribution in [-0.4, -0.2) is 12.5 Å². The molecular formula is C16H20N2O2S. The fraction of sp³-hybridized carbons (Fsp3) is 0.312. The molecular weight excluding hydrogens is 284 g/mol. The highest BCUT2D eigenvalue weighted by Gasteiger charge is 2.06. The van der Waals surface area contributed by atoms with Gasteiger partial charge in [-0.05, 0) is 35.6 Å². The quantitative estimate of drug-likeness (QED) is 0.773. The average Bonchev–Trinajstić information content (AvgIpc) is 2.92. The topological polar surface area (TPSA) is 64.3 Å². The molecule has 1 heterocycles. The van der Waals surface area contributed by atoms with Gasteiger partial charge in [0.1, 0.15) is 5.75 Å². The van der Waals surface area contributed by atoms with Gasteiger partial charge in [0.05, 0.1) is 19.6 Å². The number of aryl methyl sites for hydroxylation is 1. The van der Waals surface area contributed by atoms with E-state index in [4.69, 9.17) is 10.5 Å². The molecule has 2 rings (SSSR count). The minimum absolute atomic E-state index is 0.00523. The van der Waals surface area contributed by atoms with Crippen molar-refractivity contribution < 1.29 is 9.53 Å². The number of nitrogens with two attached hydrogens (primary N) is 1. The predicted molar refractivity (Wildman–Crippen MR) is 86.5 cm³/mol. The first-order valence-electron chi connectivity index (χ1n) is 6.99. The van der Waals surface area contributed by atoms with Crippen LogP contribution in [0.15, 0.2) is 35.7 Å². The maximum Gasteiger partial charge on any atom is 0.223 e. The molecule has 0 saturated carbocycles. The highest BCUT2D eigenvalue weighted by atomic mass is 32.1. The number of nitrogens with one attached hydrogen (secondary N) is 1. The second-order valence-corrected chi connectivity index (χ2v) is 5.67. The van der Waals surface area contributed by atoms with Crippen molar-refractivity contribution in [1.82, 2.24) is 5.32 Å². The molecule has 0 aliphatic rings. The first-order chi connectivity index (χ1) is 10.2. The summed E-state index contributed by atoms with van der Waals surface area (Å²) in [7, 11) is 0. The number of carbonyl (C=O) groups excluding carboxylic acids is 1. The Morgan fingerprint density at radius 1 is 1.38 bits per heavy atom. The van der Waals surface area contributed by atoms with Crippen molar-refractivity contribution in [2.45, 2.75) is 26.3 Å². The number of anilines is 1. The van der Waals surface area contributed by atoms with Gasteiger partial charge >= 0.3 is 0 Å². The molecule has 1 aromatic heterocycles. The maximum absolute atomic E-state index is 11.8. The summed E-state index contributed by atoms with van der Waals surface area (Å²) in [5.41, 5.74) is 7.62. The van der Waals surface area contributed by atoms with Crippen LogP contribution in [-0.2, 0) is 17.8 Å². The average molecular weight is 304 g/mol. The first kappa shape index (κ1) is 15.4. The smallest absolute Gasteiger partial charge is 0.223 e. The number of amides is 1. The number of nitrogen functional groups attached to an aromatic ring is 1. The van der Waals surface area contributed by atoms with E-state index in [0.29, 0.717) is 31.0 Å². The molecule has 0 fully saturated rings. The molecule has 0 atom stereocenters. The lowest BCUT2D eigenvalue weighted by molar-refractivity contribution is -0.121. The molecule has 1 amide bonds. The number of hydrogen-bond acceptors (Lipinski definition) is 4. The number of hydrogen-bond donors (Lipinski definition) is 2. The summed E-state index contributed by atoms with van der Waals surface area (Å²) in [5.74, 6) is 0.684. The van der Waals surface area contributed by atoms with Crippen LogP contribution in [0.5, 0.6) is 5.75 Å². The minimum Gasteiger partial charge on any atom is -0.493 e. The maximum atomic E-state index is 11.8. The molecule has 3 N–H and O–H groups in total. The number of benzene rings is 1. The van der Waals surface area contributed by atoms with E-state index in [-0.39, 0.29) is 5.91 Å². The van der Waals surface area contributed by atoms with Crippen molar-refractivity contribution in [3.05, 3.63) is 46.2 Å². The largest absolute Gasteiger partial charge is 0.493 e. The van der Waals surface area contributed by atoms with Crippen LogP contribution in [0.4, 0.5) is 5.69 Å². The van der Waals surface area contributed by atoms with Gasteiger partial charge in [-0.3, -0.25) is 4.79 Å². The molecule has 5 heteroatoms. The zero-order valence-electron chi connectivity index (χ0n) is 12.1. The Kier molecular flexibility index (Phi) is 5.63. The van der Waals surface area contributed by atoms with E-state index >= 15 is 0 Å². The van der Waals surface area contributed by atoms with E-state index in [1.165, 1.54) is 10.4 Å². The van der Waals surface area contributed by atoms with Crippen LogP contribution in [0.3, 0.4) is 0 Å². The molecule has 0 aliphatic heterocycles. The van der Waals surface area contributed by atoms with Crippen LogP contribution in [0.2, 0.25) is 0 Å². The van der Waals surface area contributed by atoms with Crippen molar-refractivity contribution in [2.24, 2.45) is 0 Å². The summed E-state index contributed by atoms with van der Waals surface area (Å²) >= 11 is 1.68. The molecule has 112 valence electrons. The fourth-order valence-corrected chi connectivity index (χ4v) is 2.89. The third kappa shape index (κ3) is 4.79. The lowest BCUT2D eigenvalue weighted by Gasteiger charge is -2.08. The number of ether oxygens (including phenoxy) is 1. The second kappa shape index (κ2) is 7.69. The van der Waals surface area contributed by atoms with Crippen LogP contribution in [0.1, 0.15) is 23.8 Å². The molecule has 0 bridgehead atoms. The third-order valence-corrected chi connectivity index (χ3v) is 4.08. The van der Waals surface area contributed by atoms with E-state index in [1.54, 1.807) is 23.5 Å². The van der Waals surface area contributed by atoms with Gasteiger partial charge in [0, 0.05) is 16.6 Å². The lowest BCUT2D eigenvalue weighted by Crippen LogP contribution is -2.24. The van der Waals surface area contributed by atoms with Crippen molar-refractivity contribution in [3.63, 3.8) is 0 Å². The number of thiophene rings is 1. The van der Waals surface area contributed by atoms with E-state index in [0.717, 1.165) is 6.42 Å². The highest BCUT2D eigenvalue weighted by molar-refractivity contribution is 7.10. The molecule has 0 aliphatic carbocycles. The van der Waals surface area contributed by atoms with Crippen molar-refractivity contribution >= 4 is 22.9 Å². The number of rotatable bonds is 7. The van der Waals surface area contributed by atoms with Gasteiger partial charge in [-0.2, -0.15) is 0 Å². The Morgan fingerprint density at radius 2 is 2.24 bits per heavy atom. The van der Waals surface area contributed by atoms with E-state index in [1.807, 2.05) is 12.1 Å². The minimum atomic E-state index is -0.00523.